The highest BCUT2D eigenvalue weighted by atomic mass is 16.6. The van der Waals surface area contributed by atoms with Gasteiger partial charge in [-0.1, -0.05) is 0 Å². The summed E-state index contributed by atoms with van der Waals surface area (Å²) in [6.45, 7) is 0. The van der Waals surface area contributed by atoms with Crippen LogP contribution < -0.4 is 0 Å². The second kappa shape index (κ2) is 7.67. The van der Waals surface area contributed by atoms with Gasteiger partial charge in [0.25, 0.3) is 0 Å². The minimum Gasteiger partial charge on any atom is -0.479 e. The van der Waals surface area contributed by atoms with Gasteiger partial charge in [0.1, 0.15) is 36.6 Å². The topological polar surface area (TPSA) is 243 Å². The van der Waals surface area contributed by atoms with Crippen LogP contribution in [-0.2, 0) is 19.1 Å². The number of aliphatic hydroxyl groups is 7. The molecule has 0 radical (unpaired) electrons. The van der Waals surface area contributed by atoms with Gasteiger partial charge in [-0.05, 0) is 0 Å². The zero-order valence-corrected chi connectivity index (χ0v) is 12.4. The molecular formula is C12H18O13. The van der Waals surface area contributed by atoms with E-state index < -0.39 is 72.7 Å². The van der Waals surface area contributed by atoms with E-state index in [1.165, 1.54) is 0 Å². The Hall–Kier alpha value is -1.71. The summed E-state index contributed by atoms with van der Waals surface area (Å²) in [5, 5.41) is 85.4. The maximum absolute atomic E-state index is 11.2. The Labute approximate surface area is 138 Å². The molecule has 0 saturated carbocycles. The van der Waals surface area contributed by atoms with Crippen LogP contribution in [-0.4, -0.2) is 119 Å². The lowest BCUT2D eigenvalue weighted by Gasteiger charge is -2.46. The van der Waals surface area contributed by atoms with Crippen molar-refractivity contribution >= 4 is 18.2 Å². The molecule has 144 valence electrons. The lowest BCUT2D eigenvalue weighted by Crippen LogP contribution is -2.71. The maximum atomic E-state index is 11.2. The Balaban J connectivity index is 3.23. The second-order valence-corrected chi connectivity index (χ2v) is 5.51. The molecule has 9 N–H and O–H groups in total. The van der Waals surface area contributed by atoms with Crippen molar-refractivity contribution in [3.8, 4) is 0 Å². The van der Waals surface area contributed by atoms with Gasteiger partial charge < -0.3 is 50.7 Å². The molecule has 0 aromatic rings. The lowest BCUT2D eigenvalue weighted by atomic mass is 9.79. The predicted molar refractivity (Wildman–Crippen MR) is 71.0 cm³/mol. The van der Waals surface area contributed by atoms with E-state index in [4.69, 9.17) is 10.2 Å². The molecule has 1 heterocycles. The van der Waals surface area contributed by atoms with Crippen LogP contribution in [0.15, 0.2) is 0 Å². The number of rotatable bonds is 7. The van der Waals surface area contributed by atoms with Gasteiger partial charge in [-0.15, -0.1) is 0 Å². The molecule has 0 amide bonds. The van der Waals surface area contributed by atoms with Crippen molar-refractivity contribution in [3.05, 3.63) is 0 Å². The van der Waals surface area contributed by atoms with Crippen molar-refractivity contribution in [2.24, 2.45) is 0 Å². The highest BCUT2D eigenvalue weighted by Crippen LogP contribution is 2.31. The first-order chi connectivity index (χ1) is 11.4. The summed E-state index contributed by atoms with van der Waals surface area (Å²) < 4.78 is 4.67. The minimum atomic E-state index is -3.34. The minimum absolute atomic E-state index is 0.493. The van der Waals surface area contributed by atoms with Crippen molar-refractivity contribution < 1.29 is 65.1 Å². The van der Waals surface area contributed by atoms with Crippen LogP contribution in [0, 0.1) is 0 Å². The maximum Gasteiger partial charge on any atom is 0.335 e. The van der Waals surface area contributed by atoms with E-state index in [1.807, 2.05) is 0 Å². The number of carboxylic acid groups (broad SMARTS) is 2. The van der Waals surface area contributed by atoms with Crippen LogP contribution in [0.25, 0.3) is 0 Å². The second-order valence-electron chi connectivity index (χ2n) is 5.51. The molecule has 13 heteroatoms. The normalized spacial score (nSPS) is 35.9. The summed E-state index contributed by atoms with van der Waals surface area (Å²) >= 11 is 0. The molecule has 1 aliphatic heterocycles. The summed E-state index contributed by atoms with van der Waals surface area (Å²) in [6.07, 6.45) is -19.9. The molecule has 0 unspecified atom stereocenters. The average molecular weight is 370 g/mol. The van der Waals surface area contributed by atoms with Gasteiger partial charge in [-0.3, -0.25) is 4.79 Å². The van der Waals surface area contributed by atoms with Gasteiger partial charge in [0.05, 0.1) is 0 Å². The van der Waals surface area contributed by atoms with Crippen LogP contribution in [0.4, 0.5) is 0 Å². The molecule has 0 aromatic carbocycles. The first kappa shape index (κ1) is 21.3. The lowest BCUT2D eigenvalue weighted by molar-refractivity contribution is -0.277. The number of ether oxygens (including phenoxy) is 1. The molecule has 0 spiro atoms. The molecule has 13 nitrogen and oxygen atoms in total. The smallest absolute Gasteiger partial charge is 0.335 e. The fraction of sp³-hybridized carbons (Fsp3) is 0.750. The van der Waals surface area contributed by atoms with Crippen molar-refractivity contribution in [1.29, 1.82) is 0 Å². The third kappa shape index (κ3) is 3.78. The standard InChI is InChI=1S/C12H18O13/c13-1-12(24,8(19)4(16)6(18)10(20)21)9-5(17)2(14)3(15)7(25-9)11(22)23/h1-9,14-19,24H,(H,20,21)(H,22,23)/t2-,3-,4+,5+,6-,7-,8-,9+,12-/m0/s1. The molecule has 25 heavy (non-hydrogen) atoms. The number of aldehydes is 1. The third-order valence-electron chi connectivity index (χ3n) is 3.88. The van der Waals surface area contributed by atoms with Gasteiger partial charge >= 0.3 is 11.9 Å². The zero-order chi connectivity index (χ0) is 19.7. The summed E-state index contributed by atoms with van der Waals surface area (Å²) in [4.78, 5) is 32.9. The molecule has 1 fully saturated rings. The number of carboxylic acids is 2. The number of aliphatic carboxylic acids is 2. The first-order valence-corrected chi connectivity index (χ1v) is 6.78. The Morgan fingerprint density at radius 2 is 1.52 bits per heavy atom. The van der Waals surface area contributed by atoms with E-state index in [9.17, 15) is 50.1 Å². The van der Waals surface area contributed by atoms with E-state index >= 15 is 0 Å². The third-order valence-corrected chi connectivity index (χ3v) is 3.88. The van der Waals surface area contributed by atoms with Gasteiger partial charge in [-0.2, -0.15) is 0 Å². The quantitative estimate of drug-likeness (QED) is 0.190. The van der Waals surface area contributed by atoms with Crippen LogP contribution in [0.3, 0.4) is 0 Å². The number of hydrogen-bond acceptors (Lipinski definition) is 11. The van der Waals surface area contributed by atoms with Gasteiger partial charge in [0.15, 0.2) is 24.1 Å². The fourth-order valence-electron chi connectivity index (χ4n) is 2.36. The van der Waals surface area contributed by atoms with E-state index in [0.717, 1.165) is 0 Å². The average Bonchev–Trinajstić information content (AvgIpc) is 2.56. The Bertz CT molecular complexity index is 523. The number of hydrogen-bond donors (Lipinski definition) is 9. The fourth-order valence-corrected chi connectivity index (χ4v) is 2.36. The van der Waals surface area contributed by atoms with Gasteiger partial charge in [0.2, 0.25) is 0 Å². The van der Waals surface area contributed by atoms with E-state index in [1.54, 1.807) is 0 Å². The van der Waals surface area contributed by atoms with Crippen LogP contribution in [0.5, 0.6) is 0 Å². The van der Waals surface area contributed by atoms with Gasteiger partial charge in [-0.25, -0.2) is 9.59 Å². The molecule has 0 aromatic heterocycles. The summed E-state index contributed by atoms with van der Waals surface area (Å²) in [5.74, 6) is -3.87. The Kier molecular flexibility index (Phi) is 6.55. The van der Waals surface area contributed by atoms with Crippen molar-refractivity contribution in [3.63, 3.8) is 0 Å². The summed E-state index contributed by atoms with van der Waals surface area (Å²) in [5.41, 5.74) is -3.34. The van der Waals surface area contributed by atoms with E-state index in [0.29, 0.717) is 0 Å². The highest BCUT2D eigenvalue weighted by Gasteiger charge is 2.59. The van der Waals surface area contributed by atoms with E-state index in [2.05, 4.69) is 4.74 Å². The SMILES string of the molecule is O=C[C@@](O)([C@@H]1O[C@H](C(=O)O)[C@@H](O)[C@H](O)[C@H]1O)[C@@H](O)[C@H](O)[C@H](O)C(=O)O. The molecule has 9 atom stereocenters. The van der Waals surface area contributed by atoms with Crippen molar-refractivity contribution in [2.75, 3.05) is 0 Å². The largest absolute Gasteiger partial charge is 0.479 e. The number of carbonyl (C=O) groups is 3. The van der Waals surface area contributed by atoms with Crippen molar-refractivity contribution in [1.82, 2.24) is 0 Å². The number of aliphatic hydroxyl groups excluding tert-OH is 6. The van der Waals surface area contributed by atoms with Crippen LogP contribution in [0.2, 0.25) is 0 Å². The number of carbonyl (C=O) groups excluding carboxylic acids is 1. The Morgan fingerprint density at radius 1 is 1.00 bits per heavy atom. The zero-order valence-electron chi connectivity index (χ0n) is 12.4. The van der Waals surface area contributed by atoms with E-state index in [-0.39, 0.29) is 0 Å². The molecule has 0 aliphatic carbocycles. The van der Waals surface area contributed by atoms with Gasteiger partial charge in [0, 0.05) is 0 Å². The highest BCUT2D eigenvalue weighted by molar-refractivity contribution is 5.74. The van der Waals surface area contributed by atoms with Crippen molar-refractivity contribution in [2.45, 2.75) is 54.4 Å². The molecule has 1 saturated heterocycles. The molecule has 0 bridgehead atoms. The molecular weight excluding hydrogens is 352 g/mol. The van der Waals surface area contributed by atoms with Crippen LogP contribution in [0.1, 0.15) is 0 Å². The summed E-state index contributed by atoms with van der Waals surface area (Å²) in [6, 6.07) is 0. The molecule has 1 rings (SSSR count). The van der Waals surface area contributed by atoms with Crippen LogP contribution >= 0.6 is 0 Å². The molecule has 1 aliphatic rings. The predicted octanol–water partition coefficient (Wildman–Crippen LogP) is -5.98. The Morgan fingerprint density at radius 3 is 1.92 bits per heavy atom. The summed E-state index contributed by atoms with van der Waals surface area (Å²) in [7, 11) is 0. The monoisotopic (exact) mass is 370 g/mol. The first-order valence-electron chi connectivity index (χ1n) is 6.78.